The van der Waals surface area contributed by atoms with Crippen LogP contribution in [0.3, 0.4) is 0 Å². The van der Waals surface area contributed by atoms with E-state index in [1.165, 1.54) is 37.8 Å². The van der Waals surface area contributed by atoms with Gasteiger partial charge in [0.25, 0.3) is 0 Å². The average molecular weight is 472 g/mol. The summed E-state index contributed by atoms with van der Waals surface area (Å²) in [6.45, 7) is 3.72. The fourth-order valence-electron chi connectivity index (χ4n) is 7.90. The highest BCUT2D eigenvalue weighted by Gasteiger charge is 2.66. The van der Waals surface area contributed by atoms with Crippen molar-refractivity contribution in [1.29, 1.82) is 0 Å². The van der Waals surface area contributed by atoms with Crippen LogP contribution in [0, 0.1) is 29.6 Å². The summed E-state index contributed by atoms with van der Waals surface area (Å²) in [5.74, 6) is 2.12. The molecule has 3 aliphatic heterocycles. The van der Waals surface area contributed by atoms with Crippen LogP contribution in [0.25, 0.3) is 0 Å². The molecular formula is C26H34ClN3O3. The Morgan fingerprint density at radius 2 is 1.82 bits per heavy atom. The molecule has 7 heteroatoms. The minimum Gasteiger partial charge on any atom is -0.312 e. The number of halogens is 1. The van der Waals surface area contributed by atoms with E-state index in [0.29, 0.717) is 11.8 Å². The fourth-order valence-corrected chi connectivity index (χ4v) is 8.10. The summed E-state index contributed by atoms with van der Waals surface area (Å²) in [6, 6.07) is 0.110. The number of aliphatic imine (C=N–C) groups is 2. The van der Waals surface area contributed by atoms with Crippen molar-refractivity contribution in [3.05, 3.63) is 23.3 Å². The van der Waals surface area contributed by atoms with Gasteiger partial charge in [-0.15, -0.1) is 0 Å². The summed E-state index contributed by atoms with van der Waals surface area (Å²) < 4.78 is 6.83. The van der Waals surface area contributed by atoms with E-state index in [-0.39, 0.29) is 12.0 Å². The minimum absolute atomic E-state index is 0.110. The number of rotatable bonds is 3. The van der Waals surface area contributed by atoms with Crippen LogP contribution in [0.2, 0.25) is 0 Å². The third kappa shape index (κ3) is 3.59. The highest BCUT2D eigenvalue weighted by Crippen LogP contribution is 2.63. The van der Waals surface area contributed by atoms with Crippen molar-refractivity contribution in [2.75, 3.05) is 26.2 Å². The molecule has 0 N–H and O–H groups in total. The Labute approximate surface area is 201 Å². The van der Waals surface area contributed by atoms with E-state index in [2.05, 4.69) is 16.0 Å². The van der Waals surface area contributed by atoms with Crippen LogP contribution < -0.4 is 0 Å². The number of hydrogen-bond donors (Lipinski definition) is 0. The predicted octanol–water partition coefficient (Wildman–Crippen LogP) is 4.50. The van der Waals surface area contributed by atoms with Crippen LogP contribution >= 0.6 is 11.6 Å². The molecule has 3 heterocycles. The molecule has 6 fully saturated rings. The van der Waals surface area contributed by atoms with Gasteiger partial charge in [-0.2, -0.15) is 9.78 Å². The van der Waals surface area contributed by atoms with Crippen molar-refractivity contribution in [2.24, 2.45) is 39.6 Å². The van der Waals surface area contributed by atoms with E-state index in [1.807, 2.05) is 18.4 Å². The molecule has 2 spiro atoms. The predicted molar refractivity (Wildman–Crippen MR) is 127 cm³/mol. The summed E-state index contributed by atoms with van der Waals surface area (Å²) >= 11 is 6.15. The molecule has 4 saturated carbocycles. The zero-order valence-corrected chi connectivity index (χ0v) is 20.0. The maximum atomic E-state index is 6.83. The molecule has 5 aliphatic carbocycles. The van der Waals surface area contributed by atoms with Gasteiger partial charge in [-0.25, -0.2) is 0 Å². The maximum absolute atomic E-state index is 6.83. The Morgan fingerprint density at radius 3 is 2.58 bits per heavy atom. The van der Waals surface area contributed by atoms with Crippen molar-refractivity contribution >= 4 is 23.5 Å². The Hall–Kier alpha value is -1.05. The Bertz CT molecular complexity index is 892. The second-order valence-corrected chi connectivity index (χ2v) is 11.8. The highest BCUT2D eigenvalue weighted by molar-refractivity contribution is 6.31. The SMILES string of the molecule is ClC1=CC2N=CCC(=NCCN3CCC4(CC3)OOC3(O4)C4CC5CC(C4)CC3C5)C2C=C1. The molecule has 0 aromatic rings. The van der Waals surface area contributed by atoms with E-state index in [9.17, 15) is 0 Å². The molecule has 8 aliphatic rings. The van der Waals surface area contributed by atoms with Gasteiger partial charge >= 0.3 is 0 Å². The molecule has 2 saturated heterocycles. The van der Waals surface area contributed by atoms with Crippen molar-refractivity contribution in [3.8, 4) is 0 Å². The third-order valence-corrected chi connectivity index (χ3v) is 9.67. The minimum atomic E-state index is -0.538. The van der Waals surface area contributed by atoms with Crippen molar-refractivity contribution < 1.29 is 14.5 Å². The van der Waals surface area contributed by atoms with Crippen molar-refractivity contribution in [1.82, 2.24) is 4.90 Å². The van der Waals surface area contributed by atoms with E-state index in [4.69, 9.17) is 31.1 Å². The monoisotopic (exact) mass is 471 g/mol. The number of nitrogens with zero attached hydrogens (tertiary/aromatic N) is 3. The first kappa shape index (κ1) is 21.3. The number of ether oxygens (including phenoxy) is 1. The van der Waals surface area contributed by atoms with E-state index in [1.54, 1.807) is 0 Å². The van der Waals surface area contributed by atoms with Gasteiger partial charge in [0.2, 0.25) is 11.6 Å². The van der Waals surface area contributed by atoms with Gasteiger partial charge in [-0.3, -0.25) is 9.98 Å². The van der Waals surface area contributed by atoms with Gasteiger partial charge in [0.05, 0.1) is 12.6 Å². The number of fused-ring (bicyclic) bond motifs is 1. The van der Waals surface area contributed by atoms with Crippen LogP contribution in [0.1, 0.15) is 51.4 Å². The fraction of sp³-hybridized carbons (Fsp3) is 0.769. The summed E-state index contributed by atoms with van der Waals surface area (Å²) in [5.41, 5.74) is 1.22. The lowest BCUT2D eigenvalue weighted by molar-refractivity contribution is -0.390. The van der Waals surface area contributed by atoms with Gasteiger partial charge < -0.3 is 9.64 Å². The Kier molecular flexibility index (Phi) is 5.14. The Morgan fingerprint density at radius 1 is 1.06 bits per heavy atom. The molecule has 6 nitrogen and oxygen atoms in total. The van der Waals surface area contributed by atoms with E-state index in [0.717, 1.165) is 62.3 Å². The first-order chi connectivity index (χ1) is 16.1. The van der Waals surface area contributed by atoms with Crippen LogP contribution in [0.4, 0.5) is 0 Å². The van der Waals surface area contributed by atoms with Crippen LogP contribution in [-0.4, -0.2) is 60.6 Å². The first-order valence-electron chi connectivity index (χ1n) is 13.0. The smallest absolute Gasteiger partial charge is 0.210 e. The summed E-state index contributed by atoms with van der Waals surface area (Å²) in [7, 11) is 0. The summed E-state index contributed by atoms with van der Waals surface area (Å²) in [6.07, 6.45) is 17.2. The first-order valence-corrected chi connectivity index (χ1v) is 13.4. The van der Waals surface area contributed by atoms with Crippen LogP contribution in [0.15, 0.2) is 33.2 Å². The molecule has 4 bridgehead atoms. The van der Waals surface area contributed by atoms with E-state index < -0.39 is 11.6 Å². The number of piperidine rings is 1. The highest BCUT2D eigenvalue weighted by atomic mass is 35.5. The molecule has 0 aromatic heterocycles. The van der Waals surface area contributed by atoms with Crippen molar-refractivity contribution in [3.63, 3.8) is 0 Å². The van der Waals surface area contributed by atoms with Gasteiger partial charge in [-0.05, 0) is 56.1 Å². The molecule has 2 atom stereocenters. The van der Waals surface area contributed by atoms with Gasteiger partial charge in [0.15, 0.2) is 0 Å². The summed E-state index contributed by atoms with van der Waals surface area (Å²) in [4.78, 5) is 24.3. The lowest BCUT2D eigenvalue weighted by atomic mass is 9.53. The third-order valence-electron chi connectivity index (χ3n) is 9.42. The molecule has 0 radical (unpaired) electrons. The molecule has 0 amide bonds. The van der Waals surface area contributed by atoms with Gasteiger partial charge in [-0.1, -0.05) is 17.7 Å². The van der Waals surface area contributed by atoms with Gasteiger partial charge in [0.1, 0.15) is 0 Å². The average Bonchev–Trinajstić information content (AvgIpc) is 3.18. The van der Waals surface area contributed by atoms with E-state index >= 15 is 0 Å². The second-order valence-electron chi connectivity index (χ2n) is 11.4. The standard InChI is InChI=1S/C26H34ClN3O3/c27-21-1-2-22-23(3-6-28-24(22)16-21)29-7-10-30-8-4-25(5-9-30)31-26(33-32-25)19-12-17-11-18(14-19)15-20(26)13-17/h1-2,6,16-20,22,24H,3-5,7-15H2. The lowest BCUT2D eigenvalue weighted by Crippen LogP contribution is -2.59. The molecule has 0 aromatic carbocycles. The molecule has 33 heavy (non-hydrogen) atoms. The molecular weight excluding hydrogens is 438 g/mol. The van der Waals surface area contributed by atoms with Crippen molar-refractivity contribution in [2.45, 2.75) is 69.0 Å². The van der Waals surface area contributed by atoms with Gasteiger partial charge in [0, 0.05) is 73.6 Å². The topological polar surface area (TPSA) is 55.7 Å². The zero-order valence-electron chi connectivity index (χ0n) is 19.2. The largest absolute Gasteiger partial charge is 0.312 e. The number of likely N-dealkylation sites (tertiary alicyclic amines) is 1. The maximum Gasteiger partial charge on any atom is 0.210 e. The van der Waals surface area contributed by atoms with Crippen LogP contribution in [0.5, 0.6) is 0 Å². The zero-order chi connectivity index (χ0) is 22.0. The normalized spacial score (nSPS) is 46.5. The quantitative estimate of drug-likeness (QED) is 0.568. The number of allylic oxidation sites excluding steroid dienone is 2. The molecule has 8 rings (SSSR count). The van der Waals surface area contributed by atoms with Crippen LogP contribution in [-0.2, 0) is 14.5 Å². The molecule has 2 unspecified atom stereocenters. The molecule has 178 valence electrons. The Balaban J connectivity index is 0.945. The lowest BCUT2D eigenvalue weighted by Gasteiger charge is -2.57. The second kappa shape index (κ2) is 7.99. The number of hydrogen-bond acceptors (Lipinski definition) is 6. The summed E-state index contributed by atoms with van der Waals surface area (Å²) in [5, 5.41) is 0.771.